The van der Waals surface area contributed by atoms with Crippen LogP contribution in [0.1, 0.15) is 25.3 Å². The lowest BCUT2D eigenvalue weighted by Gasteiger charge is -2.32. The molecule has 0 radical (unpaired) electrons. The van der Waals surface area contributed by atoms with E-state index in [0.717, 1.165) is 36.4 Å². The minimum absolute atomic E-state index is 0.773. The van der Waals surface area contributed by atoms with E-state index in [0.29, 0.717) is 0 Å². The van der Waals surface area contributed by atoms with Crippen LogP contribution in [0.4, 0.5) is 0 Å². The first kappa shape index (κ1) is 14.1. The van der Waals surface area contributed by atoms with Crippen LogP contribution in [-0.4, -0.2) is 30.2 Å². The Kier molecular flexibility index (Phi) is 5.02. The Bertz CT molecular complexity index is 411. The highest BCUT2D eigenvalue weighted by Crippen LogP contribution is 2.16. The van der Waals surface area contributed by atoms with Gasteiger partial charge in [0.1, 0.15) is 5.75 Å². The van der Waals surface area contributed by atoms with Gasteiger partial charge >= 0.3 is 0 Å². The molecule has 1 aliphatic heterocycles. The first-order valence-corrected chi connectivity index (χ1v) is 7.25. The van der Waals surface area contributed by atoms with Gasteiger partial charge in [-0.25, -0.2) is 0 Å². The molecule has 4 heteroatoms. The summed E-state index contributed by atoms with van der Waals surface area (Å²) >= 11 is 5.45. The van der Waals surface area contributed by atoms with Crippen molar-refractivity contribution in [3.63, 3.8) is 0 Å². The maximum Gasteiger partial charge on any atom is 0.169 e. The topological polar surface area (TPSA) is 24.5 Å². The van der Waals surface area contributed by atoms with Crippen LogP contribution in [0.3, 0.4) is 0 Å². The van der Waals surface area contributed by atoms with Crippen LogP contribution >= 0.6 is 12.2 Å². The van der Waals surface area contributed by atoms with Gasteiger partial charge in [0.15, 0.2) is 5.11 Å². The zero-order chi connectivity index (χ0) is 13.7. The van der Waals surface area contributed by atoms with Gasteiger partial charge in [0.2, 0.25) is 0 Å². The molecule has 1 aromatic carbocycles. The summed E-state index contributed by atoms with van der Waals surface area (Å²) in [6, 6.07) is 8.07. The molecule has 1 N–H and O–H groups in total. The summed E-state index contributed by atoms with van der Waals surface area (Å²) in [6.45, 7) is 5.24. The summed E-state index contributed by atoms with van der Waals surface area (Å²) < 4.78 is 5.15. The molecule has 0 aliphatic carbocycles. The highest BCUT2D eigenvalue weighted by Gasteiger charge is 2.17. The molecular formula is C15H22N2OS. The lowest BCUT2D eigenvalue weighted by molar-refractivity contribution is 0.278. The molecule has 1 saturated heterocycles. The highest BCUT2D eigenvalue weighted by molar-refractivity contribution is 7.80. The Labute approximate surface area is 120 Å². The molecule has 19 heavy (non-hydrogen) atoms. The predicted molar refractivity (Wildman–Crippen MR) is 82.4 cm³/mol. The number of nitrogens with one attached hydrogen (secondary N) is 1. The number of rotatable bonds is 3. The normalized spacial score (nSPS) is 16.2. The van der Waals surface area contributed by atoms with Crippen molar-refractivity contribution in [3.05, 3.63) is 29.8 Å². The summed E-state index contributed by atoms with van der Waals surface area (Å²) in [5, 5.41) is 4.22. The van der Waals surface area contributed by atoms with Crippen LogP contribution in [0, 0.1) is 5.92 Å². The number of hydrogen-bond donors (Lipinski definition) is 1. The van der Waals surface area contributed by atoms with Gasteiger partial charge in [-0.15, -0.1) is 0 Å². The van der Waals surface area contributed by atoms with E-state index in [1.165, 1.54) is 18.4 Å². The molecule has 0 atom stereocenters. The molecule has 0 unspecified atom stereocenters. The monoisotopic (exact) mass is 278 g/mol. The molecule has 0 amide bonds. The van der Waals surface area contributed by atoms with Crippen LogP contribution in [0.2, 0.25) is 0 Å². The molecule has 1 heterocycles. The highest BCUT2D eigenvalue weighted by atomic mass is 32.1. The van der Waals surface area contributed by atoms with Crippen LogP contribution < -0.4 is 10.1 Å². The van der Waals surface area contributed by atoms with Gasteiger partial charge in [-0.2, -0.15) is 0 Å². The number of methoxy groups -OCH3 is 1. The lowest BCUT2D eigenvalue weighted by Crippen LogP contribution is -2.43. The Morgan fingerprint density at radius 3 is 2.53 bits per heavy atom. The van der Waals surface area contributed by atoms with Crippen LogP contribution in [0.15, 0.2) is 24.3 Å². The van der Waals surface area contributed by atoms with Gasteiger partial charge in [0, 0.05) is 19.6 Å². The molecule has 1 aliphatic rings. The third-order valence-electron chi connectivity index (χ3n) is 3.67. The van der Waals surface area contributed by atoms with Crippen molar-refractivity contribution in [1.29, 1.82) is 0 Å². The summed E-state index contributed by atoms with van der Waals surface area (Å²) in [6.07, 6.45) is 2.48. The third-order valence-corrected chi connectivity index (χ3v) is 4.08. The lowest BCUT2D eigenvalue weighted by atomic mass is 10.00. The van der Waals surface area contributed by atoms with Gasteiger partial charge in [-0.1, -0.05) is 19.1 Å². The molecule has 0 aromatic heterocycles. The number of hydrogen-bond acceptors (Lipinski definition) is 2. The molecule has 0 spiro atoms. The van der Waals surface area contributed by atoms with Gasteiger partial charge in [-0.3, -0.25) is 0 Å². The molecule has 2 rings (SSSR count). The second-order valence-electron chi connectivity index (χ2n) is 5.18. The van der Waals surface area contributed by atoms with E-state index in [4.69, 9.17) is 17.0 Å². The maximum absolute atomic E-state index is 5.45. The van der Waals surface area contributed by atoms with Gasteiger partial charge in [0.05, 0.1) is 7.11 Å². The fraction of sp³-hybridized carbons (Fsp3) is 0.533. The van der Waals surface area contributed by atoms with Crippen LogP contribution in [0.25, 0.3) is 0 Å². The largest absolute Gasteiger partial charge is 0.497 e. The minimum atomic E-state index is 0.773. The van der Waals surface area contributed by atoms with Crippen molar-refractivity contribution in [3.8, 4) is 5.75 Å². The van der Waals surface area contributed by atoms with Crippen LogP contribution in [0.5, 0.6) is 5.75 Å². The average Bonchev–Trinajstić information content (AvgIpc) is 2.46. The molecule has 104 valence electrons. The summed E-state index contributed by atoms with van der Waals surface area (Å²) in [7, 11) is 1.68. The second kappa shape index (κ2) is 6.75. The minimum Gasteiger partial charge on any atom is -0.497 e. The fourth-order valence-corrected chi connectivity index (χ4v) is 2.50. The maximum atomic E-state index is 5.45. The van der Waals surface area contributed by atoms with Crippen molar-refractivity contribution >= 4 is 17.3 Å². The Morgan fingerprint density at radius 2 is 1.95 bits per heavy atom. The molecular weight excluding hydrogens is 256 g/mol. The van der Waals surface area contributed by atoms with Crippen LogP contribution in [-0.2, 0) is 6.54 Å². The van der Waals surface area contributed by atoms with Crippen molar-refractivity contribution in [2.75, 3.05) is 20.2 Å². The predicted octanol–water partition coefficient (Wildman–Crippen LogP) is 2.80. The van der Waals surface area contributed by atoms with Gasteiger partial charge in [-0.05, 0) is 48.7 Å². The second-order valence-corrected chi connectivity index (χ2v) is 5.56. The van der Waals surface area contributed by atoms with Gasteiger partial charge in [0.25, 0.3) is 0 Å². The molecule has 0 saturated carbocycles. The Balaban J connectivity index is 1.79. The van der Waals surface area contributed by atoms with E-state index in [2.05, 4.69) is 29.3 Å². The summed E-state index contributed by atoms with van der Waals surface area (Å²) in [5.74, 6) is 1.72. The summed E-state index contributed by atoms with van der Waals surface area (Å²) in [4.78, 5) is 2.28. The van der Waals surface area contributed by atoms with E-state index in [1.54, 1.807) is 7.11 Å². The Morgan fingerprint density at radius 1 is 1.32 bits per heavy atom. The number of thiocarbonyl (C=S) groups is 1. The van der Waals surface area contributed by atoms with Crippen molar-refractivity contribution in [1.82, 2.24) is 10.2 Å². The Hall–Kier alpha value is -1.29. The number of piperidine rings is 1. The van der Waals surface area contributed by atoms with Crippen molar-refractivity contribution in [2.45, 2.75) is 26.3 Å². The number of benzene rings is 1. The average molecular weight is 278 g/mol. The quantitative estimate of drug-likeness (QED) is 0.859. The molecule has 1 fully saturated rings. The molecule has 1 aromatic rings. The van der Waals surface area contributed by atoms with E-state index in [1.807, 2.05) is 12.1 Å². The first-order valence-electron chi connectivity index (χ1n) is 6.84. The molecule has 0 bridgehead atoms. The first-order chi connectivity index (χ1) is 9.19. The smallest absolute Gasteiger partial charge is 0.169 e. The van der Waals surface area contributed by atoms with Crippen molar-refractivity contribution < 1.29 is 4.74 Å². The molecule has 3 nitrogen and oxygen atoms in total. The van der Waals surface area contributed by atoms with E-state index >= 15 is 0 Å². The fourth-order valence-electron chi connectivity index (χ4n) is 2.24. The standard InChI is InChI=1S/C15H22N2OS/c1-12-7-9-17(10-8-12)15(19)16-11-13-3-5-14(18-2)6-4-13/h3-6,12H,7-11H2,1-2H3,(H,16,19). The number of nitrogens with zero attached hydrogens (tertiary/aromatic N) is 1. The number of ether oxygens (including phenoxy) is 1. The van der Waals surface area contributed by atoms with Crippen molar-refractivity contribution in [2.24, 2.45) is 5.92 Å². The third kappa shape index (κ3) is 4.10. The van der Waals surface area contributed by atoms with Gasteiger partial charge < -0.3 is 15.0 Å². The SMILES string of the molecule is COc1ccc(CNC(=S)N2CCC(C)CC2)cc1. The van der Waals surface area contributed by atoms with E-state index in [9.17, 15) is 0 Å². The summed E-state index contributed by atoms with van der Waals surface area (Å²) in [5.41, 5.74) is 1.22. The van der Waals surface area contributed by atoms with E-state index in [-0.39, 0.29) is 0 Å². The zero-order valence-corrected chi connectivity index (χ0v) is 12.5. The zero-order valence-electron chi connectivity index (χ0n) is 11.7. The number of likely N-dealkylation sites (tertiary alicyclic amines) is 1. The van der Waals surface area contributed by atoms with E-state index < -0.39 is 0 Å².